The van der Waals surface area contributed by atoms with E-state index < -0.39 is 5.41 Å². The molecule has 43 heavy (non-hydrogen) atoms. The Kier molecular flexibility index (Phi) is 6.86. The first-order valence-corrected chi connectivity index (χ1v) is 16.9. The Morgan fingerprint density at radius 3 is 2.23 bits per heavy atom. The molecule has 0 saturated heterocycles. The minimum Gasteiger partial charge on any atom is -0.459 e. The van der Waals surface area contributed by atoms with Crippen LogP contribution in [0.4, 0.5) is 0 Å². The molecule has 5 heteroatoms. The van der Waals surface area contributed by atoms with Gasteiger partial charge in [0.15, 0.2) is 0 Å². The van der Waals surface area contributed by atoms with Gasteiger partial charge in [-0.1, -0.05) is 71.8 Å². The first-order chi connectivity index (χ1) is 19.9. The molecular weight excluding hydrogens is 532 g/mol. The van der Waals surface area contributed by atoms with Crippen molar-refractivity contribution < 1.29 is 14.3 Å². The predicted molar refractivity (Wildman–Crippen MR) is 170 cm³/mol. The lowest BCUT2D eigenvalue weighted by Crippen LogP contribution is -2.61. The first kappa shape index (κ1) is 30.7. The fourth-order valence-corrected chi connectivity index (χ4v) is 10.9. The molecule has 0 spiro atoms. The molecule has 4 saturated carbocycles. The number of ketones is 1. The van der Waals surface area contributed by atoms with Gasteiger partial charge in [-0.3, -0.25) is 19.6 Å². The summed E-state index contributed by atoms with van der Waals surface area (Å²) in [5, 5.41) is 0. The summed E-state index contributed by atoms with van der Waals surface area (Å²) < 4.78 is 6.22. The van der Waals surface area contributed by atoms with Crippen LogP contribution in [-0.2, 0) is 20.9 Å². The van der Waals surface area contributed by atoms with Crippen LogP contribution in [0, 0.1) is 65.1 Å². The second kappa shape index (κ2) is 9.60. The monoisotopic (exact) mass is 586 g/mol. The molecule has 5 nitrogen and oxygen atoms in total. The van der Waals surface area contributed by atoms with Gasteiger partial charge in [-0.05, 0) is 106 Å². The maximum Gasteiger partial charge on any atom is 0.313 e. The Bertz CT molecular complexity index is 1450. The number of esters is 1. The summed E-state index contributed by atoms with van der Waals surface area (Å²) in [6.07, 6.45) is 13.5. The molecule has 0 N–H and O–H groups in total. The van der Waals surface area contributed by atoms with Gasteiger partial charge in [0.2, 0.25) is 0 Å². The van der Waals surface area contributed by atoms with E-state index in [2.05, 4.69) is 65.6 Å². The van der Waals surface area contributed by atoms with E-state index >= 15 is 0 Å². The Balaban J connectivity index is 1.39. The third kappa shape index (κ3) is 4.22. The van der Waals surface area contributed by atoms with E-state index in [1.165, 1.54) is 5.57 Å². The van der Waals surface area contributed by atoms with Crippen LogP contribution in [0.2, 0.25) is 0 Å². The molecule has 4 fully saturated rings. The molecule has 0 radical (unpaired) electrons. The number of nitrogens with zero attached hydrogens (tertiary/aromatic N) is 2. The smallest absolute Gasteiger partial charge is 0.313 e. The summed E-state index contributed by atoms with van der Waals surface area (Å²) in [7, 11) is 0. The Morgan fingerprint density at radius 2 is 1.51 bits per heavy atom. The topological polar surface area (TPSA) is 69.2 Å². The van der Waals surface area contributed by atoms with Crippen molar-refractivity contribution >= 4 is 11.8 Å². The lowest BCUT2D eigenvalue weighted by atomic mass is 9.36. The van der Waals surface area contributed by atoms with Crippen LogP contribution in [0.3, 0.4) is 0 Å². The van der Waals surface area contributed by atoms with Gasteiger partial charge in [-0.2, -0.15) is 0 Å². The number of hydrogen-bond donors (Lipinski definition) is 0. The van der Waals surface area contributed by atoms with Crippen molar-refractivity contribution in [1.82, 2.24) is 9.97 Å². The van der Waals surface area contributed by atoms with Crippen molar-refractivity contribution in [1.29, 1.82) is 0 Å². The number of rotatable bonds is 3. The quantitative estimate of drug-likeness (QED) is 0.331. The fourth-order valence-electron chi connectivity index (χ4n) is 10.9. The van der Waals surface area contributed by atoms with Crippen LogP contribution in [0.1, 0.15) is 129 Å². The van der Waals surface area contributed by atoms with Gasteiger partial charge >= 0.3 is 5.97 Å². The molecule has 6 atom stereocenters. The Labute approximate surface area is 259 Å². The summed E-state index contributed by atoms with van der Waals surface area (Å²) in [6, 6.07) is 0. The highest BCUT2D eigenvalue weighted by Gasteiger charge is 2.67. The van der Waals surface area contributed by atoms with Crippen LogP contribution < -0.4 is 0 Å². The number of fused-ring (bicyclic) bond motifs is 7. The normalized spacial score (nSPS) is 39.3. The lowest BCUT2D eigenvalue weighted by molar-refractivity contribution is -0.171. The third-order valence-corrected chi connectivity index (χ3v) is 14.1. The van der Waals surface area contributed by atoms with Gasteiger partial charge in [0.1, 0.15) is 12.4 Å². The largest absolute Gasteiger partial charge is 0.459 e. The molecule has 6 rings (SSSR count). The van der Waals surface area contributed by atoms with E-state index in [1.807, 2.05) is 20.8 Å². The highest BCUT2D eigenvalue weighted by Crippen LogP contribution is 2.74. The van der Waals surface area contributed by atoms with Crippen LogP contribution in [0.5, 0.6) is 0 Å². The summed E-state index contributed by atoms with van der Waals surface area (Å²) >= 11 is 0. The number of aryl methyl sites for hydroxylation is 3. The van der Waals surface area contributed by atoms with E-state index in [9.17, 15) is 9.59 Å². The number of carbonyl (C=O) groups is 2. The summed E-state index contributed by atoms with van der Waals surface area (Å²) in [4.78, 5) is 36.8. The second-order valence-electron chi connectivity index (χ2n) is 17.1. The SMILES string of the molecule is Cc1nc(C)c(COC(=O)C23CCC(C)(C)CC2C2=CC=C4[C@@]5(C)CCC(=O)C(C)(C)C5CC[C@@]4(C)[C@]2(C)CC3)nc1C. The van der Waals surface area contributed by atoms with E-state index in [-0.39, 0.29) is 45.6 Å². The molecule has 5 aliphatic rings. The summed E-state index contributed by atoms with van der Waals surface area (Å²) in [5.41, 5.74) is 5.87. The van der Waals surface area contributed by atoms with Crippen molar-refractivity contribution in [2.24, 2.45) is 44.3 Å². The number of ether oxygens (including phenoxy) is 1. The van der Waals surface area contributed by atoms with E-state index in [4.69, 9.17) is 9.72 Å². The zero-order valence-electron chi connectivity index (χ0n) is 28.5. The predicted octanol–water partition coefficient (Wildman–Crippen LogP) is 8.74. The van der Waals surface area contributed by atoms with Gasteiger partial charge < -0.3 is 4.74 Å². The second-order valence-corrected chi connectivity index (χ2v) is 17.1. The molecule has 1 heterocycles. The van der Waals surface area contributed by atoms with E-state index in [1.54, 1.807) is 5.57 Å². The molecule has 0 bridgehead atoms. The van der Waals surface area contributed by atoms with Crippen molar-refractivity contribution in [3.05, 3.63) is 46.1 Å². The standard InChI is InChI=1S/C38H54N2O3/c1-23-24(2)40-28(25(3)39-23)22-43-32(42)38-19-17-33(4,5)21-27(38)26-11-12-30-35(8)15-14-31(41)34(6,7)29(35)13-16-37(30,10)36(26,9)18-20-38/h11-12,27,29H,13-22H2,1-10H3/t27?,29?,35-,36+,37+,38?/m0/s1. The highest BCUT2D eigenvalue weighted by atomic mass is 16.5. The van der Waals surface area contributed by atoms with Crippen LogP contribution >= 0.6 is 0 Å². The Morgan fingerprint density at radius 1 is 0.837 bits per heavy atom. The van der Waals surface area contributed by atoms with Gasteiger partial charge in [0.05, 0.1) is 28.2 Å². The number of aromatic nitrogens is 2. The minimum absolute atomic E-state index is 0.0165. The zero-order valence-corrected chi connectivity index (χ0v) is 28.5. The zero-order chi connectivity index (χ0) is 31.4. The molecule has 234 valence electrons. The summed E-state index contributed by atoms with van der Waals surface area (Å²) in [6.45, 7) is 22.7. The summed E-state index contributed by atoms with van der Waals surface area (Å²) in [5.74, 6) is 0.935. The van der Waals surface area contributed by atoms with Crippen molar-refractivity contribution in [3.8, 4) is 0 Å². The molecule has 0 amide bonds. The molecule has 0 aromatic carbocycles. The molecule has 5 aliphatic carbocycles. The van der Waals surface area contributed by atoms with Crippen LogP contribution in [0.25, 0.3) is 0 Å². The maximum absolute atomic E-state index is 14.3. The van der Waals surface area contributed by atoms with Crippen LogP contribution in [-0.4, -0.2) is 21.7 Å². The number of allylic oxidation sites excluding steroid dienone is 4. The average Bonchev–Trinajstić information content (AvgIpc) is 2.92. The minimum atomic E-state index is -0.496. The molecule has 1 aromatic heterocycles. The molecule has 1 aromatic rings. The lowest BCUT2D eigenvalue weighted by Gasteiger charge is -2.67. The average molecular weight is 587 g/mol. The van der Waals surface area contributed by atoms with E-state index in [0.29, 0.717) is 18.1 Å². The molecular formula is C38H54N2O3. The van der Waals surface area contributed by atoms with Crippen LogP contribution in [0.15, 0.2) is 23.3 Å². The van der Waals surface area contributed by atoms with Crippen molar-refractivity contribution in [3.63, 3.8) is 0 Å². The van der Waals surface area contributed by atoms with Crippen molar-refractivity contribution in [2.75, 3.05) is 0 Å². The number of carbonyl (C=O) groups excluding carboxylic acids is 2. The van der Waals surface area contributed by atoms with Gasteiger partial charge in [-0.25, -0.2) is 0 Å². The number of hydrogen-bond acceptors (Lipinski definition) is 5. The fraction of sp³-hybridized carbons (Fsp3) is 0.737. The molecule has 3 unspecified atom stereocenters. The number of Topliss-reactive ketones (excluding diaryl/α,β-unsaturated/α-hetero) is 1. The molecule has 0 aliphatic heterocycles. The van der Waals surface area contributed by atoms with Gasteiger partial charge in [0.25, 0.3) is 0 Å². The Hall–Kier alpha value is -2.30. The van der Waals surface area contributed by atoms with Gasteiger partial charge in [-0.15, -0.1) is 0 Å². The highest BCUT2D eigenvalue weighted by molar-refractivity contribution is 5.86. The van der Waals surface area contributed by atoms with Crippen molar-refractivity contribution in [2.45, 2.75) is 134 Å². The van der Waals surface area contributed by atoms with E-state index in [0.717, 1.165) is 74.1 Å². The van der Waals surface area contributed by atoms with Gasteiger partial charge in [0, 0.05) is 11.8 Å². The first-order valence-electron chi connectivity index (χ1n) is 16.9. The maximum atomic E-state index is 14.3. The third-order valence-electron chi connectivity index (χ3n) is 14.1.